The van der Waals surface area contributed by atoms with E-state index in [9.17, 15) is 0 Å². The molecule has 2 rings (SSSR count). The van der Waals surface area contributed by atoms with Crippen molar-refractivity contribution in [2.45, 2.75) is 31.8 Å². The maximum absolute atomic E-state index is 5.84. The number of benzene rings is 1. The minimum Gasteiger partial charge on any atom is -0.385 e. The van der Waals surface area contributed by atoms with E-state index in [0.29, 0.717) is 6.10 Å². The van der Waals surface area contributed by atoms with Crippen LogP contribution in [0.5, 0.6) is 0 Å². The van der Waals surface area contributed by atoms with Crippen LogP contribution in [-0.4, -0.2) is 32.4 Å². The molecule has 0 unspecified atom stereocenters. The van der Waals surface area contributed by atoms with Crippen LogP contribution in [-0.2, 0) is 9.57 Å². The van der Waals surface area contributed by atoms with Crippen LogP contribution in [0.1, 0.15) is 25.7 Å². The summed E-state index contributed by atoms with van der Waals surface area (Å²) in [5.41, 5.74) is 4.17. The third-order valence-electron chi connectivity index (χ3n) is 3.30. The second-order valence-corrected chi connectivity index (χ2v) is 5.40. The van der Waals surface area contributed by atoms with Crippen molar-refractivity contribution in [2.24, 2.45) is 0 Å². The summed E-state index contributed by atoms with van der Waals surface area (Å²) in [5.74, 6) is 0. The molecule has 1 aliphatic heterocycles. The van der Waals surface area contributed by atoms with Gasteiger partial charge in [-0.1, -0.05) is 11.6 Å². The fourth-order valence-corrected chi connectivity index (χ4v) is 2.22. The smallest absolute Gasteiger partial charge is 0.0834 e. The molecule has 1 aliphatic rings. The van der Waals surface area contributed by atoms with Crippen molar-refractivity contribution < 1.29 is 9.57 Å². The standard InChI is InChI=1S/C15H23ClN2O2/c16-13-3-5-14(6-4-13)17-9-1-2-10-18-20-15-7-11-19-12-8-15/h3-6,15,17-18H,1-2,7-12H2. The normalized spacial score (nSPS) is 16.2. The number of halogens is 1. The molecule has 0 radical (unpaired) electrons. The van der Waals surface area contributed by atoms with Crippen molar-refractivity contribution in [1.29, 1.82) is 0 Å². The molecule has 1 saturated heterocycles. The van der Waals surface area contributed by atoms with Crippen molar-refractivity contribution in [3.8, 4) is 0 Å². The van der Waals surface area contributed by atoms with Crippen molar-refractivity contribution in [1.82, 2.24) is 5.48 Å². The molecule has 5 heteroatoms. The molecule has 4 nitrogen and oxygen atoms in total. The fourth-order valence-electron chi connectivity index (χ4n) is 2.09. The molecule has 1 heterocycles. The Balaban J connectivity index is 1.44. The minimum absolute atomic E-state index is 0.316. The summed E-state index contributed by atoms with van der Waals surface area (Å²) in [4.78, 5) is 5.60. The molecule has 1 fully saturated rings. The van der Waals surface area contributed by atoms with Crippen molar-refractivity contribution in [2.75, 3.05) is 31.6 Å². The van der Waals surface area contributed by atoms with Crippen molar-refractivity contribution >= 4 is 17.3 Å². The lowest BCUT2D eigenvalue weighted by Gasteiger charge is -2.22. The van der Waals surface area contributed by atoms with Gasteiger partial charge >= 0.3 is 0 Å². The largest absolute Gasteiger partial charge is 0.385 e. The highest BCUT2D eigenvalue weighted by molar-refractivity contribution is 6.30. The number of hydroxylamine groups is 1. The van der Waals surface area contributed by atoms with Gasteiger partial charge in [-0.15, -0.1) is 0 Å². The SMILES string of the molecule is Clc1ccc(NCCCCNOC2CCOCC2)cc1. The summed E-state index contributed by atoms with van der Waals surface area (Å²) in [7, 11) is 0. The van der Waals surface area contributed by atoms with E-state index in [1.165, 1.54) is 0 Å². The van der Waals surface area contributed by atoms with Gasteiger partial charge in [-0.3, -0.25) is 4.84 Å². The molecule has 0 aliphatic carbocycles. The molecule has 2 N–H and O–H groups in total. The summed E-state index contributed by atoms with van der Waals surface area (Å²) < 4.78 is 5.28. The molecule has 0 amide bonds. The zero-order chi connectivity index (χ0) is 14.0. The van der Waals surface area contributed by atoms with Gasteiger partial charge in [0.15, 0.2) is 0 Å². The number of rotatable bonds is 8. The Hall–Kier alpha value is -0.810. The number of hydrogen-bond acceptors (Lipinski definition) is 4. The first kappa shape index (κ1) is 15.6. The summed E-state index contributed by atoms with van der Waals surface area (Å²) >= 11 is 5.84. The van der Waals surface area contributed by atoms with Crippen LogP contribution in [0.4, 0.5) is 5.69 Å². The van der Waals surface area contributed by atoms with Gasteiger partial charge in [-0.05, 0) is 49.9 Å². The van der Waals surface area contributed by atoms with Gasteiger partial charge in [0.2, 0.25) is 0 Å². The van der Waals surface area contributed by atoms with Crippen molar-refractivity contribution in [3.05, 3.63) is 29.3 Å². The minimum atomic E-state index is 0.316. The zero-order valence-corrected chi connectivity index (χ0v) is 12.5. The Kier molecular flexibility index (Phi) is 7.15. The molecular weight excluding hydrogens is 276 g/mol. The number of nitrogens with one attached hydrogen (secondary N) is 2. The molecule has 0 aromatic heterocycles. The maximum Gasteiger partial charge on any atom is 0.0834 e. The van der Waals surface area contributed by atoms with Gasteiger partial charge < -0.3 is 10.1 Å². The van der Waals surface area contributed by atoms with E-state index < -0.39 is 0 Å². The van der Waals surface area contributed by atoms with E-state index in [4.69, 9.17) is 21.2 Å². The average Bonchev–Trinajstić information content (AvgIpc) is 2.49. The molecule has 0 saturated carbocycles. The predicted octanol–water partition coefficient (Wildman–Crippen LogP) is 3.23. The van der Waals surface area contributed by atoms with Crippen molar-refractivity contribution in [3.63, 3.8) is 0 Å². The quantitative estimate of drug-likeness (QED) is 0.571. The molecule has 1 aromatic carbocycles. The molecule has 0 spiro atoms. The second kappa shape index (κ2) is 9.19. The average molecular weight is 299 g/mol. The third kappa shape index (κ3) is 6.09. The van der Waals surface area contributed by atoms with Crippen LogP contribution in [0.3, 0.4) is 0 Å². The van der Waals surface area contributed by atoms with E-state index in [1.54, 1.807) is 0 Å². The van der Waals surface area contributed by atoms with E-state index >= 15 is 0 Å². The highest BCUT2D eigenvalue weighted by atomic mass is 35.5. The first-order chi connectivity index (χ1) is 9.84. The highest BCUT2D eigenvalue weighted by Gasteiger charge is 2.13. The molecule has 0 bridgehead atoms. The van der Waals surface area contributed by atoms with Gasteiger partial charge in [0, 0.05) is 37.0 Å². The fraction of sp³-hybridized carbons (Fsp3) is 0.600. The van der Waals surface area contributed by atoms with Gasteiger partial charge in [0.1, 0.15) is 0 Å². The summed E-state index contributed by atoms with van der Waals surface area (Å²) in [6, 6.07) is 7.78. The molecule has 0 atom stereocenters. The number of ether oxygens (including phenoxy) is 1. The second-order valence-electron chi connectivity index (χ2n) is 4.96. The third-order valence-corrected chi connectivity index (χ3v) is 3.55. The summed E-state index contributed by atoms with van der Waals surface area (Å²) in [6.45, 7) is 3.48. The zero-order valence-electron chi connectivity index (χ0n) is 11.7. The first-order valence-electron chi connectivity index (χ1n) is 7.30. The van der Waals surface area contributed by atoms with Gasteiger partial charge in [-0.25, -0.2) is 5.48 Å². The van der Waals surface area contributed by atoms with Crippen LogP contribution in [0.2, 0.25) is 5.02 Å². The van der Waals surface area contributed by atoms with Crippen LogP contribution < -0.4 is 10.8 Å². The van der Waals surface area contributed by atoms with E-state index in [0.717, 1.165) is 62.7 Å². The number of hydrogen-bond donors (Lipinski definition) is 2. The van der Waals surface area contributed by atoms with Gasteiger partial charge in [0.25, 0.3) is 0 Å². The molecule has 1 aromatic rings. The Morgan fingerprint density at radius 2 is 1.80 bits per heavy atom. The van der Waals surface area contributed by atoms with Gasteiger partial charge in [-0.2, -0.15) is 0 Å². The van der Waals surface area contributed by atoms with Crippen LogP contribution in [0.25, 0.3) is 0 Å². The van der Waals surface area contributed by atoms with E-state index in [2.05, 4.69) is 10.8 Å². The monoisotopic (exact) mass is 298 g/mol. The maximum atomic E-state index is 5.84. The van der Waals surface area contributed by atoms with Crippen LogP contribution in [0, 0.1) is 0 Å². The lowest BCUT2D eigenvalue weighted by Crippen LogP contribution is -2.30. The summed E-state index contributed by atoms with van der Waals surface area (Å²) in [5, 5.41) is 4.14. The summed E-state index contributed by atoms with van der Waals surface area (Å²) in [6.07, 6.45) is 4.49. The van der Waals surface area contributed by atoms with Crippen LogP contribution in [0.15, 0.2) is 24.3 Å². The first-order valence-corrected chi connectivity index (χ1v) is 7.68. The molecule has 20 heavy (non-hydrogen) atoms. The highest BCUT2D eigenvalue weighted by Crippen LogP contribution is 2.13. The Morgan fingerprint density at radius 1 is 1.10 bits per heavy atom. The Morgan fingerprint density at radius 3 is 2.55 bits per heavy atom. The number of anilines is 1. The van der Waals surface area contributed by atoms with Crippen LogP contribution >= 0.6 is 11.6 Å². The molecular formula is C15H23ClN2O2. The Bertz CT molecular complexity index is 367. The lowest BCUT2D eigenvalue weighted by molar-refractivity contribution is -0.0777. The van der Waals surface area contributed by atoms with E-state index in [1.807, 2.05) is 24.3 Å². The van der Waals surface area contributed by atoms with Gasteiger partial charge in [0.05, 0.1) is 6.10 Å². The predicted molar refractivity (Wildman–Crippen MR) is 82.1 cm³/mol. The topological polar surface area (TPSA) is 42.5 Å². The molecule has 112 valence electrons. The number of unbranched alkanes of at least 4 members (excludes halogenated alkanes) is 1. The lowest BCUT2D eigenvalue weighted by atomic mass is 10.2. The van der Waals surface area contributed by atoms with E-state index in [-0.39, 0.29) is 0 Å². The Labute approximate surface area is 125 Å².